The van der Waals surface area contributed by atoms with Gasteiger partial charge in [-0.1, -0.05) is 0 Å². The third kappa shape index (κ3) is 2.99. The van der Waals surface area contributed by atoms with Crippen LogP contribution in [0.2, 0.25) is 0 Å². The van der Waals surface area contributed by atoms with Crippen molar-refractivity contribution >= 4 is 5.97 Å². The third-order valence-corrected chi connectivity index (χ3v) is 1.89. The molecule has 1 aromatic heterocycles. The molecule has 5 heteroatoms. The molecule has 0 unspecified atom stereocenters. The first-order valence-corrected chi connectivity index (χ1v) is 4.70. The zero-order valence-electron chi connectivity index (χ0n) is 8.91. The van der Waals surface area contributed by atoms with E-state index in [1.807, 2.05) is 0 Å². The van der Waals surface area contributed by atoms with E-state index in [9.17, 15) is 4.79 Å². The number of ether oxygens (including phenoxy) is 2. The Hall–Kier alpha value is -1.49. The van der Waals surface area contributed by atoms with Crippen LogP contribution in [0.1, 0.15) is 22.5 Å². The first-order valence-electron chi connectivity index (χ1n) is 4.70. The van der Waals surface area contributed by atoms with Crippen molar-refractivity contribution in [3.05, 3.63) is 17.4 Å². The minimum Gasteiger partial charge on any atom is -0.465 e. The molecule has 0 amide bonds. The first-order chi connectivity index (χ1) is 7.19. The van der Waals surface area contributed by atoms with Crippen LogP contribution in [0.25, 0.3) is 0 Å². The summed E-state index contributed by atoms with van der Waals surface area (Å²) in [6.07, 6.45) is 0.743. The molecule has 2 N–H and O–H groups in total. The fourth-order valence-electron chi connectivity index (χ4n) is 1.09. The summed E-state index contributed by atoms with van der Waals surface area (Å²) < 4.78 is 15.0. The molecule has 1 heterocycles. The van der Waals surface area contributed by atoms with E-state index in [-0.39, 0.29) is 0 Å². The van der Waals surface area contributed by atoms with Gasteiger partial charge in [0.25, 0.3) is 5.95 Å². The van der Waals surface area contributed by atoms with Gasteiger partial charge in [-0.2, -0.15) is 0 Å². The molecule has 15 heavy (non-hydrogen) atoms. The van der Waals surface area contributed by atoms with Crippen LogP contribution < -0.4 is 10.5 Å². The summed E-state index contributed by atoms with van der Waals surface area (Å²) in [5.74, 6) is 0.385. The second-order valence-electron chi connectivity index (χ2n) is 3.02. The fraction of sp³-hybridized carbons (Fsp3) is 0.500. The predicted molar refractivity (Wildman–Crippen MR) is 54.0 cm³/mol. The van der Waals surface area contributed by atoms with Crippen LogP contribution in [0, 0.1) is 6.92 Å². The normalized spacial score (nSPS) is 10.1. The molecule has 0 radical (unpaired) electrons. The van der Waals surface area contributed by atoms with Crippen molar-refractivity contribution in [2.45, 2.75) is 13.3 Å². The summed E-state index contributed by atoms with van der Waals surface area (Å²) in [6.45, 7) is 2.72. The van der Waals surface area contributed by atoms with E-state index >= 15 is 0 Å². The molecule has 0 spiro atoms. The van der Waals surface area contributed by atoms with Crippen LogP contribution in [0.5, 0.6) is 5.95 Å². The predicted octanol–water partition coefficient (Wildman–Crippen LogP) is 1.10. The summed E-state index contributed by atoms with van der Waals surface area (Å²) in [6, 6.07) is 1.53. The van der Waals surface area contributed by atoms with Crippen LogP contribution >= 0.6 is 0 Å². The lowest BCUT2D eigenvalue weighted by atomic mass is 10.3. The van der Waals surface area contributed by atoms with Gasteiger partial charge in [0.15, 0.2) is 0 Å². The van der Waals surface area contributed by atoms with E-state index in [1.54, 1.807) is 6.92 Å². The summed E-state index contributed by atoms with van der Waals surface area (Å²) in [5.41, 5.74) is 5.70. The van der Waals surface area contributed by atoms with E-state index in [0.29, 0.717) is 30.4 Å². The summed E-state index contributed by atoms with van der Waals surface area (Å²) in [7, 11) is 1.32. The van der Waals surface area contributed by atoms with Gasteiger partial charge in [-0.3, -0.25) is 0 Å². The molecule has 84 valence electrons. The van der Waals surface area contributed by atoms with Crippen LogP contribution in [0.3, 0.4) is 0 Å². The molecule has 5 nitrogen and oxygen atoms in total. The summed E-state index contributed by atoms with van der Waals surface area (Å²) >= 11 is 0. The van der Waals surface area contributed by atoms with Gasteiger partial charge in [0.05, 0.1) is 13.7 Å². The van der Waals surface area contributed by atoms with Crippen LogP contribution in [-0.2, 0) is 4.74 Å². The SMILES string of the molecule is COC(=O)c1cc(OCCCN)oc1C. The third-order valence-electron chi connectivity index (χ3n) is 1.89. The summed E-state index contributed by atoms with van der Waals surface area (Å²) in [4.78, 5) is 11.2. The molecule has 0 saturated carbocycles. The zero-order chi connectivity index (χ0) is 11.3. The van der Waals surface area contributed by atoms with Gasteiger partial charge >= 0.3 is 5.97 Å². The van der Waals surface area contributed by atoms with Gasteiger partial charge < -0.3 is 19.6 Å². The molecule has 0 bridgehead atoms. The van der Waals surface area contributed by atoms with E-state index < -0.39 is 5.97 Å². The zero-order valence-corrected chi connectivity index (χ0v) is 8.91. The Balaban J connectivity index is 2.64. The Labute approximate surface area is 88.1 Å². The van der Waals surface area contributed by atoms with E-state index in [4.69, 9.17) is 14.9 Å². The van der Waals surface area contributed by atoms with Gasteiger partial charge in [0.2, 0.25) is 0 Å². The second-order valence-corrected chi connectivity index (χ2v) is 3.02. The average Bonchev–Trinajstić information content (AvgIpc) is 2.59. The van der Waals surface area contributed by atoms with Crippen molar-refractivity contribution < 1.29 is 18.7 Å². The molecule has 0 aromatic carbocycles. The van der Waals surface area contributed by atoms with Crippen molar-refractivity contribution in [2.24, 2.45) is 5.73 Å². The fourth-order valence-corrected chi connectivity index (χ4v) is 1.09. The number of hydrogen-bond donors (Lipinski definition) is 1. The molecule has 1 rings (SSSR count). The Morgan fingerprint density at radius 2 is 2.33 bits per heavy atom. The largest absolute Gasteiger partial charge is 0.465 e. The second kappa shape index (κ2) is 5.41. The quantitative estimate of drug-likeness (QED) is 0.585. The Morgan fingerprint density at radius 1 is 1.60 bits per heavy atom. The van der Waals surface area contributed by atoms with E-state index in [1.165, 1.54) is 13.2 Å². The van der Waals surface area contributed by atoms with Crippen molar-refractivity contribution in [3.8, 4) is 5.95 Å². The van der Waals surface area contributed by atoms with E-state index in [0.717, 1.165) is 6.42 Å². The van der Waals surface area contributed by atoms with Crippen molar-refractivity contribution in [1.82, 2.24) is 0 Å². The molecular formula is C10H15NO4. The lowest BCUT2D eigenvalue weighted by Crippen LogP contribution is -2.05. The Bertz CT molecular complexity index is 332. The number of methoxy groups -OCH3 is 1. The number of rotatable bonds is 5. The first kappa shape index (κ1) is 11.6. The maximum Gasteiger partial charge on any atom is 0.341 e. The molecule has 1 aromatic rings. The lowest BCUT2D eigenvalue weighted by Gasteiger charge is -1.98. The summed E-state index contributed by atoms with van der Waals surface area (Å²) in [5, 5.41) is 0. The number of esters is 1. The molecule has 0 aliphatic heterocycles. The maximum atomic E-state index is 11.2. The van der Waals surface area contributed by atoms with Crippen molar-refractivity contribution in [3.63, 3.8) is 0 Å². The number of aryl methyl sites for hydroxylation is 1. The smallest absolute Gasteiger partial charge is 0.341 e. The number of hydrogen-bond acceptors (Lipinski definition) is 5. The molecule has 0 aliphatic rings. The molecule has 0 aliphatic carbocycles. The van der Waals surface area contributed by atoms with E-state index in [2.05, 4.69) is 4.74 Å². The highest BCUT2D eigenvalue weighted by molar-refractivity contribution is 5.90. The minimum atomic E-state index is -0.426. The number of furan rings is 1. The average molecular weight is 213 g/mol. The Morgan fingerprint density at radius 3 is 2.93 bits per heavy atom. The van der Waals surface area contributed by atoms with Crippen LogP contribution in [0.15, 0.2) is 10.5 Å². The van der Waals surface area contributed by atoms with Gasteiger partial charge in [0, 0.05) is 6.07 Å². The highest BCUT2D eigenvalue weighted by atomic mass is 16.6. The Kier molecular flexibility index (Phi) is 4.17. The van der Waals surface area contributed by atoms with Crippen LogP contribution in [-0.4, -0.2) is 26.2 Å². The number of carbonyl (C=O) groups excluding carboxylic acids is 1. The highest BCUT2D eigenvalue weighted by Gasteiger charge is 2.15. The van der Waals surface area contributed by atoms with Crippen molar-refractivity contribution in [2.75, 3.05) is 20.3 Å². The monoisotopic (exact) mass is 213 g/mol. The van der Waals surface area contributed by atoms with Gasteiger partial charge in [-0.05, 0) is 19.9 Å². The number of nitrogens with two attached hydrogens (primary N) is 1. The lowest BCUT2D eigenvalue weighted by molar-refractivity contribution is 0.0599. The minimum absolute atomic E-state index is 0.321. The van der Waals surface area contributed by atoms with Gasteiger partial charge in [0.1, 0.15) is 11.3 Å². The standard InChI is InChI=1S/C10H15NO4/c1-7-8(10(12)13-2)6-9(15-7)14-5-3-4-11/h6H,3-5,11H2,1-2H3. The van der Waals surface area contributed by atoms with Gasteiger partial charge in [-0.25, -0.2) is 4.79 Å². The van der Waals surface area contributed by atoms with Crippen LogP contribution in [0.4, 0.5) is 0 Å². The van der Waals surface area contributed by atoms with Crippen molar-refractivity contribution in [1.29, 1.82) is 0 Å². The topological polar surface area (TPSA) is 74.7 Å². The maximum absolute atomic E-state index is 11.2. The number of carbonyl (C=O) groups is 1. The molecule has 0 fully saturated rings. The van der Waals surface area contributed by atoms with Gasteiger partial charge in [-0.15, -0.1) is 0 Å². The highest BCUT2D eigenvalue weighted by Crippen LogP contribution is 2.21. The molecule has 0 atom stereocenters. The molecule has 0 saturated heterocycles. The molecular weight excluding hydrogens is 198 g/mol.